The van der Waals surface area contributed by atoms with Crippen molar-refractivity contribution < 1.29 is 22.7 Å². The molecule has 2 atom stereocenters. The predicted octanol–water partition coefficient (Wildman–Crippen LogP) is 5.57. The molecule has 0 aliphatic carbocycles. The maximum atomic E-state index is 14.0. The average Bonchev–Trinajstić information content (AvgIpc) is 2.95. The first kappa shape index (κ1) is 32.0. The van der Waals surface area contributed by atoms with E-state index in [1.807, 2.05) is 52.0 Å². The van der Waals surface area contributed by atoms with Gasteiger partial charge >= 0.3 is 0 Å². The first-order valence-electron chi connectivity index (χ1n) is 13.6. The zero-order valence-electron chi connectivity index (χ0n) is 24.1. The van der Waals surface area contributed by atoms with Crippen LogP contribution in [0.3, 0.4) is 0 Å². The second-order valence-electron chi connectivity index (χ2n) is 9.89. The number of hydrogen-bond donors (Lipinski definition) is 1. The molecule has 0 aromatic heterocycles. The van der Waals surface area contributed by atoms with Crippen molar-refractivity contribution >= 4 is 39.1 Å². The largest absolute Gasteiger partial charge is 0.494 e. The van der Waals surface area contributed by atoms with Gasteiger partial charge in [-0.1, -0.05) is 48.4 Å². The molecule has 0 aliphatic rings. The molecule has 0 heterocycles. The van der Waals surface area contributed by atoms with E-state index in [2.05, 4.69) is 5.32 Å². The highest BCUT2D eigenvalue weighted by Crippen LogP contribution is 2.27. The summed E-state index contributed by atoms with van der Waals surface area (Å²) in [7, 11) is -4.19. The third-order valence-corrected chi connectivity index (χ3v) is 8.80. The van der Waals surface area contributed by atoms with Crippen molar-refractivity contribution in [2.75, 3.05) is 17.5 Å². The molecule has 0 aliphatic heterocycles. The zero-order chi connectivity index (χ0) is 30.2. The molecule has 41 heavy (non-hydrogen) atoms. The fraction of sp³-hybridized carbons (Fsp3) is 0.355. The molecule has 2 unspecified atom stereocenters. The lowest BCUT2D eigenvalue weighted by atomic mass is 10.1. The maximum Gasteiger partial charge on any atom is 0.264 e. The van der Waals surface area contributed by atoms with Crippen LogP contribution in [0.5, 0.6) is 5.75 Å². The van der Waals surface area contributed by atoms with Crippen LogP contribution in [0.2, 0.25) is 5.02 Å². The van der Waals surface area contributed by atoms with Gasteiger partial charge in [0.25, 0.3) is 10.0 Å². The quantitative estimate of drug-likeness (QED) is 0.277. The molecular weight excluding hydrogens is 562 g/mol. The third kappa shape index (κ3) is 8.47. The first-order valence-corrected chi connectivity index (χ1v) is 15.4. The van der Waals surface area contributed by atoms with Crippen LogP contribution in [-0.2, 0) is 26.2 Å². The molecule has 220 valence electrons. The topological polar surface area (TPSA) is 96.0 Å². The van der Waals surface area contributed by atoms with Crippen LogP contribution >= 0.6 is 11.6 Å². The highest BCUT2D eigenvalue weighted by Gasteiger charge is 2.32. The Morgan fingerprint density at radius 1 is 0.927 bits per heavy atom. The van der Waals surface area contributed by atoms with E-state index in [4.69, 9.17) is 16.3 Å². The van der Waals surface area contributed by atoms with Gasteiger partial charge in [-0.25, -0.2) is 8.42 Å². The van der Waals surface area contributed by atoms with Crippen LogP contribution < -0.4 is 14.4 Å². The molecule has 0 radical (unpaired) electrons. The molecule has 8 nitrogen and oxygen atoms in total. The number of hydrogen-bond acceptors (Lipinski definition) is 5. The Morgan fingerprint density at radius 3 is 2.10 bits per heavy atom. The summed E-state index contributed by atoms with van der Waals surface area (Å²) in [5, 5.41) is 3.32. The van der Waals surface area contributed by atoms with Gasteiger partial charge in [0.2, 0.25) is 11.8 Å². The molecular formula is C31H38ClN3O5S. The summed E-state index contributed by atoms with van der Waals surface area (Å²) >= 11 is 6.01. The first-order chi connectivity index (χ1) is 19.5. The second kappa shape index (κ2) is 14.4. The van der Waals surface area contributed by atoms with Gasteiger partial charge < -0.3 is 15.0 Å². The predicted molar refractivity (Wildman–Crippen MR) is 163 cm³/mol. The number of carbonyl (C=O) groups is 2. The zero-order valence-corrected chi connectivity index (χ0v) is 25.7. The van der Waals surface area contributed by atoms with E-state index < -0.39 is 28.5 Å². The molecule has 3 aromatic rings. The summed E-state index contributed by atoms with van der Waals surface area (Å²) in [4.78, 5) is 28.5. The van der Waals surface area contributed by atoms with E-state index in [0.29, 0.717) is 17.4 Å². The molecule has 10 heteroatoms. The summed E-state index contributed by atoms with van der Waals surface area (Å²) in [6.07, 6.45) is 0.731. The molecule has 2 amide bonds. The summed E-state index contributed by atoms with van der Waals surface area (Å²) in [5.74, 6) is -0.264. The Morgan fingerprint density at radius 2 is 1.54 bits per heavy atom. The van der Waals surface area contributed by atoms with E-state index in [-0.39, 0.29) is 29.1 Å². The Labute approximate surface area is 248 Å². The number of nitrogens with zero attached hydrogens (tertiary/aromatic N) is 2. The number of sulfonamides is 1. The van der Waals surface area contributed by atoms with E-state index in [1.165, 1.54) is 29.2 Å². The average molecular weight is 600 g/mol. The summed E-state index contributed by atoms with van der Waals surface area (Å²) < 4.78 is 34.4. The van der Waals surface area contributed by atoms with E-state index >= 15 is 0 Å². The molecule has 0 saturated carbocycles. The number of carbonyl (C=O) groups excluding carboxylic acids is 2. The highest BCUT2D eigenvalue weighted by atomic mass is 35.5. The van der Waals surface area contributed by atoms with Gasteiger partial charge in [-0.05, 0) is 88.2 Å². The molecule has 3 aromatic carbocycles. The van der Waals surface area contributed by atoms with Crippen LogP contribution in [0.25, 0.3) is 0 Å². The number of nitrogens with one attached hydrogen (secondary N) is 1. The van der Waals surface area contributed by atoms with Gasteiger partial charge in [-0.2, -0.15) is 0 Å². The number of amides is 2. The van der Waals surface area contributed by atoms with Crippen molar-refractivity contribution in [1.82, 2.24) is 10.2 Å². The smallest absolute Gasteiger partial charge is 0.264 e. The lowest BCUT2D eigenvalue weighted by molar-refractivity contribution is -0.139. The Bertz CT molecular complexity index is 1410. The molecule has 0 fully saturated rings. The lowest BCUT2D eigenvalue weighted by Gasteiger charge is -2.32. The number of rotatable bonds is 13. The van der Waals surface area contributed by atoms with Gasteiger partial charge in [0.1, 0.15) is 18.3 Å². The molecule has 1 N–H and O–H groups in total. The number of aryl methyl sites for hydroxylation is 1. The van der Waals surface area contributed by atoms with Crippen molar-refractivity contribution in [2.45, 2.75) is 64.6 Å². The minimum Gasteiger partial charge on any atom is -0.494 e. The molecule has 3 rings (SSSR count). The highest BCUT2D eigenvalue weighted by molar-refractivity contribution is 7.92. The van der Waals surface area contributed by atoms with E-state index in [1.54, 1.807) is 31.2 Å². The molecule has 0 saturated heterocycles. The molecule has 0 spiro atoms. The standard InChI is InChI=1S/C31H38ClN3O5S/c1-6-23(4)33-31(37)24(5)34(20-25-10-8-22(3)9-11-25)30(36)21-35(27-14-16-28(17-15-27)40-7-2)41(38,39)29-18-12-26(32)13-19-29/h8-19,23-24H,6-7,20-21H2,1-5H3,(H,33,37). The van der Waals surface area contributed by atoms with Crippen LogP contribution in [0.4, 0.5) is 5.69 Å². The van der Waals surface area contributed by atoms with Crippen molar-refractivity contribution in [3.63, 3.8) is 0 Å². The van der Waals surface area contributed by atoms with Crippen LogP contribution in [0.15, 0.2) is 77.7 Å². The number of anilines is 1. The van der Waals surface area contributed by atoms with Gasteiger partial charge in [0, 0.05) is 17.6 Å². The van der Waals surface area contributed by atoms with Gasteiger partial charge in [0.05, 0.1) is 17.2 Å². The normalized spacial score (nSPS) is 12.7. The van der Waals surface area contributed by atoms with Crippen molar-refractivity contribution in [1.29, 1.82) is 0 Å². The van der Waals surface area contributed by atoms with Crippen molar-refractivity contribution in [3.8, 4) is 5.75 Å². The fourth-order valence-corrected chi connectivity index (χ4v) is 5.62. The minimum atomic E-state index is -4.19. The Hall–Kier alpha value is -3.56. The second-order valence-corrected chi connectivity index (χ2v) is 12.2. The van der Waals surface area contributed by atoms with Gasteiger partial charge in [-0.3, -0.25) is 13.9 Å². The van der Waals surface area contributed by atoms with Crippen molar-refractivity contribution in [3.05, 3.63) is 88.9 Å². The summed E-state index contributed by atoms with van der Waals surface area (Å²) in [5.41, 5.74) is 2.16. The lowest BCUT2D eigenvalue weighted by Crippen LogP contribution is -2.52. The Balaban J connectivity index is 2.02. The van der Waals surface area contributed by atoms with Crippen LogP contribution in [0.1, 0.15) is 45.2 Å². The van der Waals surface area contributed by atoms with Gasteiger partial charge in [-0.15, -0.1) is 0 Å². The number of benzene rings is 3. The third-order valence-electron chi connectivity index (χ3n) is 6.76. The summed E-state index contributed by atoms with van der Waals surface area (Å²) in [6.45, 7) is 9.38. The minimum absolute atomic E-state index is 0.0174. The monoisotopic (exact) mass is 599 g/mol. The fourth-order valence-electron chi connectivity index (χ4n) is 4.08. The molecule has 0 bridgehead atoms. The Kier molecular flexibility index (Phi) is 11.2. The van der Waals surface area contributed by atoms with E-state index in [0.717, 1.165) is 21.9 Å². The SMILES string of the molecule is CCOc1ccc(N(CC(=O)N(Cc2ccc(C)cc2)C(C)C(=O)NC(C)CC)S(=O)(=O)c2ccc(Cl)cc2)cc1. The van der Waals surface area contributed by atoms with E-state index in [9.17, 15) is 18.0 Å². The number of ether oxygens (including phenoxy) is 1. The summed E-state index contributed by atoms with van der Waals surface area (Å²) in [6, 6.07) is 19.0. The van der Waals surface area contributed by atoms with Crippen LogP contribution in [-0.4, -0.2) is 50.4 Å². The maximum absolute atomic E-state index is 14.0. The van der Waals surface area contributed by atoms with Crippen molar-refractivity contribution in [2.24, 2.45) is 0 Å². The van der Waals surface area contributed by atoms with Gasteiger partial charge in [0.15, 0.2) is 0 Å². The van der Waals surface area contributed by atoms with Crippen LogP contribution in [0, 0.1) is 6.92 Å². The number of halogens is 1.